The van der Waals surface area contributed by atoms with Crippen molar-refractivity contribution >= 4 is 46.3 Å². The summed E-state index contributed by atoms with van der Waals surface area (Å²) in [6, 6.07) is 6.75. The van der Waals surface area contributed by atoms with Crippen LogP contribution in [0, 0.1) is 0 Å². The summed E-state index contributed by atoms with van der Waals surface area (Å²) in [4.78, 5) is 43.4. The first-order chi connectivity index (χ1) is 13.9. The van der Waals surface area contributed by atoms with Gasteiger partial charge in [-0.25, -0.2) is 4.99 Å². The van der Waals surface area contributed by atoms with Gasteiger partial charge in [0.2, 0.25) is 5.91 Å². The monoisotopic (exact) mass is 427 g/mol. The molecule has 1 unspecified atom stereocenters. The number of halogens is 1. The lowest BCUT2D eigenvalue weighted by molar-refractivity contribution is -0.121. The molecule has 1 saturated heterocycles. The number of nitrogens with one attached hydrogen (secondary N) is 1. The van der Waals surface area contributed by atoms with Crippen LogP contribution in [0.3, 0.4) is 0 Å². The fraction of sp³-hybridized carbons (Fsp3) is 0.238. The van der Waals surface area contributed by atoms with Gasteiger partial charge in [0.05, 0.1) is 21.9 Å². The summed E-state index contributed by atoms with van der Waals surface area (Å²) in [5, 5.41) is 3.79. The number of benzene rings is 1. The molecule has 29 heavy (non-hydrogen) atoms. The first-order valence-electron chi connectivity index (χ1n) is 9.15. The molecule has 0 radical (unpaired) electrons. The predicted molar refractivity (Wildman–Crippen MR) is 114 cm³/mol. The largest absolute Gasteiger partial charge is 0.304 e. The van der Waals surface area contributed by atoms with E-state index in [1.54, 1.807) is 37.3 Å². The summed E-state index contributed by atoms with van der Waals surface area (Å²) in [7, 11) is 0. The standard InChI is InChI=1S/C21H18ClN3O3S/c1-21(11-12-25-17(26)13-7-5-6-8-14(13)18(25)27)19(28)24-20(29-21)23-16-10-4-2-3-9-15(16)22/h2-9H,10-12H2,1H3,(H,23,24,28). The lowest BCUT2D eigenvalue weighted by Crippen LogP contribution is -2.39. The van der Waals surface area contributed by atoms with Crippen molar-refractivity contribution in [2.45, 2.75) is 24.5 Å². The average Bonchev–Trinajstić information content (AvgIpc) is 3.01. The highest BCUT2D eigenvalue weighted by Crippen LogP contribution is 2.37. The molecule has 0 saturated carbocycles. The highest BCUT2D eigenvalue weighted by molar-refractivity contribution is 8.16. The first kappa shape index (κ1) is 19.7. The molecule has 0 bridgehead atoms. The summed E-state index contributed by atoms with van der Waals surface area (Å²) < 4.78 is -0.836. The molecular formula is C21H18ClN3O3S. The van der Waals surface area contributed by atoms with Crippen molar-refractivity contribution in [2.24, 2.45) is 4.99 Å². The van der Waals surface area contributed by atoms with Crippen LogP contribution in [0.5, 0.6) is 0 Å². The Balaban J connectivity index is 1.47. The van der Waals surface area contributed by atoms with Crippen LogP contribution in [0.15, 0.2) is 64.3 Å². The lowest BCUT2D eigenvalue weighted by atomic mass is 10.1. The number of rotatable bonds is 4. The van der Waals surface area contributed by atoms with Crippen molar-refractivity contribution in [3.63, 3.8) is 0 Å². The molecule has 1 N–H and O–H groups in total. The number of hydrogen-bond donors (Lipinski definition) is 1. The molecule has 6 nitrogen and oxygen atoms in total. The highest BCUT2D eigenvalue weighted by atomic mass is 35.5. The Labute approximate surface area is 177 Å². The van der Waals surface area contributed by atoms with Gasteiger partial charge in [0.1, 0.15) is 4.75 Å². The molecule has 2 aliphatic heterocycles. The van der Waals surface area contributed by atoms with E-state index in [0.29, 0.717) is 39.9 Å². The second-order valence-corrected chi connectivity index (χ2v) is 8.95. The number of imide groups is 1. The van der Waals surface area contributed by atoms with Gasteiger partial charge >= 0.3 is 0 Å². The fourth-order valence-corrected chi connectivity index (χ4v) is 4.57. The number of aliphatic imine (C=N–C) groups is 1. The Morgan fingerprint density at radius 2 is 1.86 bits per heavy atom. The number of amides is 3. The summed E-state index contributed by atoms with van der Waals surface area (Å²) in [6.45, 7) is 1.95. The minimum Gasteiger partial charge on any atom is -0.304 e. The molecule has 3 aliphatic rings. The van der Waals surface area contributed by atoms with Gasteiger partial charge in [-0.2, -0.15) is 0 Å². The SMILES string of the molecule is CC1(CCN2C(=O)c3ccccc3C2=O)SC(=NC2=C(Cl)C=CC=CC2)NC1=O. The van der Waals surface area contributed by atoms with Crippen LogP contribution >= 0.6 is 23.4 Å². The molecule has 0 spiro atoms. The van der Waals surface area contributed by atoms with Gasteiger partial charge in [-0.15, -0.1) is 0 Å². The van der Waals surface area contributed by atoms with Gasteiger partial charge in [-0.05, 0) is 31.6 Å². The smallest absolute Gasteiger partial charge is 0.261 e. The third-order valence-electron chi connectivity index (χ3n) is 5.03. The first-order valence-corrected chi connectivity index (χ1v) is 10.3. The zero-order valence-electron chi connectivity index (χ0n) is 15.6. The number of carbonyl (C=O) groups excluding carboxylic acids is 3. The normalized spacial score (nSPS) is 25.1. The van der Waals surface area contributed by atoms with E-state index in [1.807, 2.05) is 18.2 Å². The summed E-state index contributed by atoms with van der Waals surface area (Å²) >= 11 is 7.53. The van der Waals surface area contributed by atoms with Gasteiger partial charge in [0, 0.05) is 13.0 Å². The summed E-state index contributed by atoms with van der Waals surface area (Å²) in [6.07, 6.45) is 8.31. The molecule has 3 amide bonds. The van der Waals surface area contributed by atoms with E-state index in [0.717, 1.165) is 0 Å². The van der Waals surface area contributed by atoms with Crippen molar-refractivity contribution in [2.75, 3.05) is 6.54 Å². The van der Waals surface area contributed by atoms with Crippen molar-refractivity contribution in [1.82, 2.24) is 10.2 Å². The third-order valence-corrected chi connectivity index (χ3v) is 6.60. The second kappa shape index (κ2) is 7.65. The van der Waals surface area contributed by atoms with E-state index >= 15 is 0 Å². The Morgan fingerprint density at radius 1 is 1.17 bits per heavy atom. The minimum absolute atomic E-state index is 0.158. The van der Waals surface area contributed by atoms with Gasteiger partial charge < -0.3 is 5.32 Å². The quantitative estimate of drug-likeness (QED) is 0.744. The molecule has 1 aromatic carbocycles. The predicted octanol–water partition coefficient (Wildman–Crippen LogP) is 3.62. The molecule has 4 rings (SSSR count). The molecule has 0 aromatic heterocycles. The summed E-state index contributed by atoms with van der Waals surface area (Å²) in [5.74, 6) is -0.838. The molecule has 148 valence electrons. The molecule has 1 atom stereocenters. The molecule has 1 fully saturated rings. The van der Waals surface area contributed by atoms with E-state index in [9.17, 15) is 14.4 Å². The molecule has 1 aromatic rings. The minimum atomic E-state index is -0.836. The van der Waals surface area contributed by atoms with Gasteiger partial charge in [0.15, 0.2) is 5.17 Å². The zero-order valence-corrected chi connectivity index (χ0v) is 17.2. The lowest BCUT2D eigenvalue weighted by Gasteiger charge is -2.22. The Kier molecular flexibility index (Phi) is 5.19. The number of fused-ring (bicyclic) bond motifs is 1. The molecular weight excluding hydrogens is 410 g/mol. The maximum atomic E-state index is 12.6. The highest BCUT2D eigenvalue weighted by Gasteiger charge is 2.44. The Morgan fingerprint density at radius 3 is 2.55 bits per heavy atom. The van der Waals surface area contributed by atoms with Crippen LogP contribution in [0.4, 0.5) is 0 Å². The van der Waals surface area contributed by atoms with Crippen LogP contribution in [0.25, 0.3) is 0 Å². The van der Waals surface area contributed by atoms with E-state index in [1.165, 1.54) is 16.7 Å². The topological polar surface area (TPSA) is 78.8 Å². The molecule has 8 heteroatoms. The third kappa shape index (κ3) is 3.68. The number of carbonyl (C=O) groups is 3. The molecule has 2 heterocycles. The Hall–Kier alpha value is -2.64. The van der Waals surface area contributed by atoms with Gasteiger partial charge in [-0.3, -0.25) is 19.3 Å². The van der Waals surface area contributed by atoms with Crippen LogP contribution in [0.1, 0.15) is 40.5 Å². The van der Waals surface area contributed by atoms with E-state index in [2.05, 4.69) is 10.3 Å². The summed E-state index contributed by atoms with van der Waals surface area (Å²) in [5.41, 5.74) is 1.48. The fourth-order valence-electron chi connectivity index (χ4n) is 3.31. The number of thioether (sulfide) groups is 1. The van der Waals surface area contributed by atoms with Crippen LogP contribution < -0.4 is 5.32 Å². The van der Waals surface area contributed by atoms with Crippen LogP contribution in [-0.2, 0) is 4.79 Å². The van der Waals surface area contributed by atoms with Crippen molar-refractivity contribution in [1.29, 1.82) is 0 Å². The van der Waals surface area contributed by atoms with E-state index < -0.39 is 4.75 Å². The Bertz CT molecular complexity index is 1010. The number of hydrogen-bond acceptors (Lipinski definition) is 5. The number of nitrogens with zero attached hydrogens (tertiary/aromatic N) is 2. The van der Waals surface area contributed by atoms with Gasteiger partial charge in [0.25, 0.3) is 11.8 Å². The maximum absolute atomic E-state index is 12.6. The second-order valence-electron chi connectivity index (χ2n) is 7.05. The molecule has 1 aliphatic carbocycles. The van der Waals surface area contributed by atoms with E-state index in [4.69, 9.17) is 11.6 Å². The van der Waals surface area contributed by atoms with Gasteiger partial charge in [-0.1, -0.05) is 53.7 Å². The maximum Gasteiger partial charge on any atom is 0.261 e. The number of allylic oxidation sites excluding steroid dienone is 5. The van der Waals surface area contributed by atoms with Crippen molar-refractivity contribution < 1.29 is 14.4 Å². The van der Waals surface area contributed by atoms with Crippen LogP contribution in [-0.4, -0.2) is 39.1 Å². The average molecular weight is 428 g/mol. The van der Waals surface area contributed by atoms with Crippen molar-refractivity contribution in [3.05, 3.63) is 70.4 Å². The zero-order chi connectivity index (χ0) is 20.6. The van der Waals surface area contributed by atoms with E-state index in [-0.39, 0.29) is 24.3 Å². The number of amidine groups is 1. The van der Waals surface area contributed by atoms with Crippen LogP contribution in [0.2, 0.25) is 0 Å². The van der Waals surface area contributed by atoms with Crippen molar-refractivity contribution in [3.8, 4) is 0 Å².